The summed E-state index contributed by atoms with van der Waals surface area (Å²) in [6.07, 6.45) is 6.60. The van der Waals surface area contributed by atoms with Crippen LogP contribution < -0.4 is 5.32 Å². The Morgan fingerprint density at radius 1 is 1.36 bits per heavy atom. The van der Waals surface area contributed by atoms with Crippen molar-refractivity contribution in [3.63, 3.8) is 0 Å². The maximum Gasteiger partial charge on any atom is 0.435 e. The number of hydrogen-bond acceptors (Lipinski definition) is 4. The van der Waals surface area contributed by atoms with E-state index >= 15 is 0 Å². The number of nitrogens with one attached hydrogen (secondary N) is 1. The molecule has 0 aromatic carbocycles. The highest BCUT2D eigenvalue weighted by molar-refractivity contribution is 5.92. The maximum atomic E-state index is 12.3. The zero-order valence-electron chi connectivity index (χ0n) is 13.4. The van der Waals surface area contributed by atoms with Gasteiger partial charge in [0.05, 0.1) is 0 Å². The molecule has 1 aromatic heterocycles. The van der Waals surface area contributed by atoms with Crippen molar-refractivity contribution in [2.24, 2.45) is 11.3 Å². The molecule has 6 nitrogen and oxygen atoms in total. The van der Waals surface area contributed by atoms with Gasteiger partial charge in [-0.2, -0.15) is 4.68 Å². The summed E-state index contributed by atoms with van der Waals surface area (Å²) in [5.41, 5.74) is -0.104. The van der Waals surface area contributed by atoms with E-state index in [-0.39, 0.29) is 11.8 Å². The largest absolute Gasteiger partial charge is 0.442 e. The van der Waals surface area contributed by atoms with Crippen LogP contribution in [0.15, 0.2) is 12.3 Å². The number of nitrogens with zero attached hydrogens (tertiary/aromatic N) is 2. The number of anilines is 1. The third-order valence-corrected chi connectivity index (χ3v) is 4.45. The van der Waals surface area contributed by atoms with Gasteiger partial charge in [0, 0.05) is 18.2 Å². The lowest BCUT2D eigenvalue weighted by Crippen LogP contribution is -2.27. The Bertz CT molecular complexity index is 596. The highest BCUT2D eigenvalue weighted by Crippen LogP contribution is 2.59. The summed E-state index contributed by atoms with van der Waals surface area (Å²) in [6.45, 7) is 5.39. The van der Waals surface area contributed by atoms with Gasteiger partial charge in [-0.15, -0.1) is 5.10 Å². The molecule has 6 heteroatoms. The Labute approximate surface area is 130 Å². The number of aromatic nitrogens is 2. The van der Waals surface area contributed by atoms with Crippen molar-refractivity contribution in [3.8, 4) is 0 Å². The first-order chi connectivity index (χ1) is 10.3. The molecular weight excluding hydrogens is 282 g/mol. The zero-order valence-corrected chi connectivity index (χ0v) is 13.4. The Morgan fingerprint density at radius 2 is 2.09 bits per heavy atom. The quantitative estimate of drug-likeness (QED) is 0.910. The summed E-state index contributed by atoms with van der Waals surface area (Å²) >= 11 is 0. The number of carbonyl (C=O) groups is 2. The van der Waals surface area contributed by atoms with E-state index < -0.39 is 11.7 Å². The Morgan fingerprint density at radius 3 is 2.68 bits per heavy atom. The predicted octanol–water partition coefficient (Wildman–Crippen LogP) is 3.19. The summed E-state index contributed by atoms with van der Waals surface area (Å²) in [5, 5.41) is 6.88. The monoisotopic (exact) mass is 305 g/mol. The number of ether oxygens (including phenoxy) is 1. The molecule has 1 atom stereocenters. The van der Waals surface area contributed by atoms with Gasteiger partial charge in [-0.3, -0.25) is 4.79 Å². The molecule has 1 spiro atoms. The van der Waals surface area contributed by atoms with Crippen LogP contribution in [0, 0.1) is 11.3 Å². The van der Waals surface area contributed by atoms with Gasteiger partial charge >= 0.3 is 6.09 Å². The fourth-order valence-electron chi connectivity index (χ4n) is 3.09. The molecule has 0 unspecified atom stereocenters. The van der Waals surface area contributed by atoms with Crippen LogP contribution in [0.2, 0.25) is 0 Å². The van der Waals surface area contributed by atoms with Crippen LogP contribution in [-0.4, -0.2) is 27.4 Å². The Hall–Kier alpha value is -1.85. The average Bonchev–Trinajstić information content (AvgIpc) is 2.83. The second-order valence-electron chi connectivity index (χ2n) is 7.55. The minimum Gasteiger partial charge on any atom is -0.442 e. The SMILES string of the molecule is CC(C)(C)OC(=O)n1ccc(NC(=O)[C@H]2CCC3(CC3)C2)n1. The van der Waals surface area contributed by atoms with Crippen molar-refractivity contribution >= 4 is 17.8 Å². The average molecular weight is 305 g/mol. The Kier molecular flexibility index (Phi) is 3.50. The summed E-state index contributed by atoms with van der Waals surface area (Å²) in [6, 6.07) is 1.61. The number of amides is 1. The second kappa shape index (κ2) is 5.11. The molecule has 2 aliphatic rings. The standard InChI is InChI=1S/C16H23N3O3/c1-15(2,3)22-14(21)19-9-5-12(18-19)17-13(20)11-4-6-16(10-11)7-8-16/h5,9,11H,4,6-8,10H2,1-3H3,(H,17,18,20)/t11-/m0/s1. The van der Waals surface area contributed by atoms with E-state index in [4.69, 9.17) is 4.74 Å². The molecule has 1 amide bonds. The van der Waals surface area contributed by atoms with E-state index in [1.165, 1.54) is 19.0 Å². The number of hydrogen-bond donors (Lipinski definition) is 1. The summed E-state index contributed by atoms with van der Waals surface area (Å²) in [7, 11) is 0. The van der Waals surface area contributed by atoms with E-state index in [0.29, 0.717) is 11.2 Å². The Balaban J connectivity index is 1.57. The first-order valence-electron chi connectivity index (χ1n) is 7.86. The summed E-state index contributed by atoms with van der Waals surface area (Å²) in [5.74, 6) is 0.486. The third-order valence-electron chi connectivity index (χ3n) is 4.45. The van der Waals surface area contributed by atoms with Crippen LogP contribution in [0.4, 0.5) is 10.6 Å². The zero-order chi connectivity index (χ0) is 16.0. The van der Waals surface area contributed by atoms with Crippen LogP contribution in [0.25, 0.3) is 0 Å². The van der Waals surface area contributed by atoms with Crippen molar-refractivity contribution in [2.45, 2.75) is 58.5 Å². The fourth-order valence-corrected chi connectivity index (χ4v) is 3.09. The molecule has 2 fully saturated rings. The molecule has 1 heterocycles. The van der Waals surface area contributed by atoms with Crippen molar-refractivity contribution in [2.75, 3.05) is 5.32 Å². The van der Waals surface area contributed by atoms with Gasteiger partial charge in [0.15, 0.2) is 5.82 Å². The van der Waals surface area contributed by atoms with Gasteiger partial charge in [-0.25, -0.2) is 4.79 Å². The van der Waals surface area contributed by atoms with Gasteiger partial charge in [-0.1, -0.05) is 0 Å². The van der Waals surface area contributed by atoms with Crippen LogP contribution in [0.1, 0.15) is 52.9 Å². The smallest absolute Gasteiger partial charge is 0.435 e. The predicted molar refractivity (Wildman–Crippen MR) is 81.5 cm³/mol. The second-order valence-corrected chi connectivity index (χ2v) is 7.55. The molecule has 1 aromatic rings. The maximum absolute atomic E-state index is 12.3. The van der Waals surface area contributed by atoms with E-state index in [1.807, 2.05) is 0 Å². The van der Waals surface area contributed by atoms with Crippen LogP contribution in [0.5, 0.6) is 0 Å². The normalized spacial score (nSPS) is 22.6. The fraction of sp³-hybridized carbons (Fsp3) is 0.688. The molecule has 22 heavy (non-hydrogen) atoms. The van der Waals surface area contributed by atoms with Gasteiger partial charge in [0.1, 0.15) is 5.60 Å². The van der Waals surface area contributed by atoms with Crippen LogP contribution in [-0.2, 0) is 9.53 Å². The molecular formula is C16H23N3O3. The summed E-state index contributed by atoms with van der Waals surface area (Å²) < 4.78 is 6.34. The van der Waals surface area contributed by atoms with Gasteiger partial charge in [0.2, 0.25) is 5.91 Å². The topological polar surface area (TPSA) is 73.2 Å². The van der Waals surface area contributed by atoms with Crippen molar-refractivity contribution in [1.29, 1.82) is 0 Å². The van der Waals surface area contributed by atoms with Gasteiger partial charge in [0.25, 0.3) is 0 Å². The van der Waals surface area contributed by atoms with Crippen molar-refractivity contribution < 1.29 is 14.3 Å². The number of carbonyl (C=O) groups excluding carboxylic acids is 2. The lowest BCUT2D eigenvalue weighted by atomic mass is 10.0. The molecule has 0 saturated heterocycles. The molecule has 0 radical (unpaired) electrons. The molecule has 1 N–H and O–H groups in total. The molecule has 2 saturated carbocycles. The van der Waals surface area contributed by atoms with Crippen LogP contribution in [0.3, 0.4) is 0 Å². The molecule has 0 bridgehead atoms. The van der Waals surface area contributed by atoms with E-state index in [2.05, 4.69) is 10.4 Å². The summed E-state index contributed by atoms with van der Waals surface area (Å²) in [4.78, 5) is 24.1. The third kappa shape index (κ3) is 3.31. The highest BCUT2D eigenvalue weighted by atomic mass is 16.6. The van der Waals surface area contributed by atoms with Gasteiger partial charge < -0.3 is 10.1 Å². The lowest BCUT2D eigenvalue weighted by Gasteiger charge is -2.18. The molecule has 0 aliphatic heterocycles. The van der Waals surface area contributed by atoms with E-state index in [9.17, 15) is 9.59 Å². The van der Waals surface area contributed by atoms with Gasteiger partial charge in [-0.05, 0) is 58.3 Å². The van der Waals surface area contributed by atoms with E-state index in [0.717, 1.165) is 23.9 Å². The first-order valence-corrected chi connectivity index (χ1v) is 7.86. The lowest BCUT2D eigenvalue weighted by molar-refractivity contribution is -0.119. The molecule has 3 rings (SSSR count). The number of rotatable bonds is 2. The molecule has 2 aliphatic carbocycles. The van der Waals surface area contributed by atoms with Crippen molar-refractivity contribution in [3.05, 3.63) is 12.3 Å². The van der Waals surface area contributed by atoms with Crippen molar-refractivity contribution in [1.82, 2.24) is 9.78 Å². The van der Waals surface area contributed by atoms with Crippen LogP contribution >= 0.6 is 0 Å². The highest BCUT2D eigenvalue weighted by Gasteiger charge is 2.49. The molecule has 120 valence electrons. The minimum atomic E-state index is -0.575. The first kappa shape index (κ1) is 15.1. The van der Waals surface area contributed by atoms with E-state index in [1.54, 1.807) is 26.8 Å². The minimum absolute atomic E-state index is 0.0122.